The highest BCUT2D eigenvalue weighted by Gasteiger charge is 2.22. The minimum absolute atomic E-state index is 0.0258. The van der Waals surface area contributed by atoms with Crippen molar-refractivity contribution in [1.82, 2.24) is 5.32 Å². The molecule has 7 heteroatoms. The van der Waals surface area contributed by atoms with Crippen LogP contribution >= 0.6 is 11.6 Å². The molecule has 0 saturated heterocycles. The average Bonchev–Trinajstić information content (AvgIpc) is 2.55. The van der Waals surface area contributed by atoms with Gasteiger partial charge in [-0.3, -0.25) is 14.9 Å². The molecule has 1 atom stereocenters. The Morgan fingerprint density at radius 2 is 1.96 bits per heavy atom. The number of nitro groups is 1. The molecule has 0 spiro atoms. The standard InChI is InChI=1S/C17H17ClN2O4/c1-3-24-14-7-4-12(5-8-14)11(2)19-17(21)15-9-6-13(18)10-16(15)20(22)23/h4-11H,3H2,1-2H3,(H,19,21). The number of ether oxygens (including phenoxy) is 1. The van der Waals surface area contributed by atoms with E-state index in [4.69, 9.17) is 16.3 Å². The Morgan fingerprint density at radius 3 is 2.54 bits per heavy atom. The van der Waals surface area contributed by atoms with E-state index in [1.165, 1.54) is 12.1 Å². The van der Waals surface area contributed by atoms with Crippen molar-refractivity contribution in [3.63, 3.8) is 0 Å². The van der Waals surface area contributed by atoms with Crippen molar-refractivity contribution < 1.29 is 14.5 Å². The zero-order valence-corrected chi connectivity index (χ0v) is 14.0. The average molecular weight is 349 g/mol. The summed E-state index contributed by atoms with van der Waals surface area (Å²) in [5.74, 6) is 0.216. The number of hydrogen-bond donors (Lipinski definition) is 1. The predicted molar refractivity (Wildman–Crippen MR) is 91.6 cm³/mol. The van der Waals surface area contributed by atoms with Crippen LogP contribution in [0, 0.1) is 10.1 Å². The third-order valence-corrected chi connectivity index (χ3v) is 3.67. The molecule has 0 saturated carbocycles. The van der Waals surface area contributed by atoms with E-state index >= 15 is 0 Å². The first-order chi connectivity index (χ1) is 11.4. The maximum atomic E-state index is 12.4. The van der Waals surface area contributed by atoms with Gasteiger partial charge < -0.3 is 10.1 Å². The Labute approximate surface area is 144 Å². The lowest BCUT2D eigenvalue weighted by atomic mass is 10.1. The van der Waals surface area contributed by atoms with Crippen LogP contribution in [0.5, 0.6) is 5.75 Å². The van der Waals surface area contributed by atoms with Gasteiger partial charge in [-0.15, -0.1) is 0 Å². The second-order valence-electron chi connectivity index (χ2n) is 5.12. The number of nitrogens with zero attached hydrogens (tertiary/aromatic N) is 1. The van der Waals surface area contributed by atoms with E-state index in [1.54, 1.807) is 6.92 Å². The Morgan fingerprint density at radius 1 is 1.29 bits per heavy atom. The molecule has 1 N–H and O–H groups in total. The monoisotopic (exact) mass is 348 g/mol. The van der Waals surface area contributed by atoms with Crippen molar-refractivity contribution in [2.24, 2.45) is 0 Å². The number of carbonyl (C=O) groups excluding carboxylic acids is 1. The molecular formula is C17H17ClN2O4. The molecule has 2 rings (SSSR count). The number of rotatable bonds is 6. The predicted octanol–water partition coefficient (Wildman–Crippen LogP) is 4.14. The van der Waals surface area contributed by atoms with Gasteiger partial charge in [-0.2, -0.15) is 0 Å². The fourth-order valence-corrected chi connectivity index (χ4v) is 2.39. The Bertz CT molecular complexity index is 747. The van der Waals surface area contributed by atoms with Gasteiger partial charge in [0, 0.05) is 11.1 Å². The number of amides is 1. The first kappa shape index (κ1) is 17.7. The van der Waals surface area contributed by atoms with Crippen LogP contribution in [0.4, 0.5) is 5.69 Å². The van der Waals surface area contributed by atoms with Crippen LogP contribution in [-0.2, 0) is 0 Å². The van der Waals surface area contributed by atoms with Crippen LogP contribution in [0.1, 0.15) is 35.8 Å². The molecule has 0 fully saturated rings. The number of carbonyl (C=O) groups is 1. The molecule has 24 heavy (non-hydrogen) atoms. The Balaban J connectivity index is 2.15. The van der Waals surface area contributed by atoms with Crippen LogP contribution in [0.25, 0.3) is 0 Å². The quantitative estimate of drug-likeness (QED) is 0.628. The summed E-state index contributed by atoms with van der Waals surface area (Å²) < 4.78 is 5.37. The molecule has 0 aromatic heterocycles. The fourth-order valence-electron chi connectivity index (χ4n) is 2.22. The van der Waals surface area contributed by atoms with Crippen molar-refractivity contribution in [1.29, 1.82) is 0 Å². The molecule has 0 aliphatic carbocycles. The van der Waals surface area contributed by atoms with Gasteiger partial charge >= 0.3 is 0 Å². The van der Waals surface area contributed by atoms with Crippen LogP contribution < -0.4 is 10.1 Å². The lowest BCUT2D eigenvalue weighted by molar-refractivity contribution is -0.385. The molecule has 2 aromatic carbocycles. The van der Waals surface area contributed by atoms with Gasteiger partial charge in [0.25, 0.3) is 11.6 Å². The maximum Gasteiger partial charge on any atom is 0.283 e. The van der Waals surface area contributed by atoms with Gasteiger partial charge in [0.15, 0.2) is 0 Å². The molecule has 1 amide bonds. The molecular weight excluding hydrogens is 332 g/mol. The summed E-state index contributed by atoms with van der Waals surface area (Å²) >= 11 is 5.76. The SMILES string of the molecule is CCOc1ccc(C(C)NC(=O)c2ccc(Cl)cc2[N+](=O)[O-])cc1. The van der Waals surface area contributed by atoms with E-state index in [-0.39, 0.29) is 22.3 Å². The van der Waals surface area contributed by atoms with E-state index in [0.717, 1.165) is 17.4 Å². The largest absolute Gasteiger partial charge is 0.494 e. The van der Waals surface area contributed by atoms with Crippen molar-refractivity contribution in [2.75, 3.05) is 6.61 Å². The highest BCUT2D eigenvalue weighted by atomic mass is 35.5. The van der Waals surface area contributed by atoms with Crippen molar-refractivity contribution in [3.05, 3.63) is 68.7 Å². The zero-order chi connectivity index (χ0) is 17.7. The number of hydrogen-bond acceptors (Lipinski definition) is 4. The second-order valence-corrected chi connectivity index (χ2v) is 5.55. The van der Waals surface area contributed by atoms with Gasteiger partial charge in [0.05, 0.1) is 17.6 Å². The molecule has 2 aromatic rings. The highest BCUT2D eigenvalue weighted by molar-refractivity contribution is 6.31. The zero-order valence-electron chi connectivity index (χ0n) is 13.3. The van der Waals surface area contributed by atoms with Crippen LogP contribution in [0.3, 0.4) is 0 Å². The van der Waals surface area contributed by atoms with Gasteiger partial charge in [0.2, 0.25) is 0 Å². The number of nitro benzene ring substituents is 1. The van der Waals surface area contributed by atoms with Crippen LogP contribution in [0.15, 0.2) is 42.5 Å². The number of benzene rings is 2. The summed E-state index contributed by atoms with van der Waals surface area (Å²) in [6, 6.07) is 10.9. The van der Waals surface area contributed by atoms with Crippen molar-refractivity contribution in [2.45, 2.75) is 19.9 Å². The fraction of sp³-hybridized carbons (Fsp3) is 0.235. The van der Waals surface area contributed by atoms with E-state index in [1.807, 2.05) is 31.2 Å². The topological polar surface area (TPSA) is 81.5 Å². The minimum Gasteiger partial charge on any atom is -0.494 e. The van der Waals surface area contributed by atoms with Gasteiger partial charge in [0.1, 0.15) is 11.3 Å². The number of halogens is 1. The summed E-state index contributed by atoms with van der Waals surface area (Å²) in [6.07, 6.45) is 0. The molecule has 1 unspecified atom stereocenters. The van der Waals surface area contributed by atoms with E-state index in [2.05, 4.69) is 5.32 Å². The van der Waals surface area contributed by atoms with Crippen molar-refractivity contribution in [3.8, 4) is 5.75 Å². The summed E-state index contributed by atoms with van der Waals surface area (Å²) in [5, 5.41) is 14.0. The van der Waals surface area contributed by atoms with E-state index < -0.39 is 10.8 Å². The smallest absolute Gasteiger partial charge is 0.283 e. The second kappa shape index (κ2) is 7.79. The first-order valence-electron chi connectivity index (χ1n) is 7.40. The first-order valence-corrected chi connectivity index (χ1v) is 7.77. The molecule has 0 aliphatic heterocycles. The Hall–Kier alpha value is -2.60. The third kappa shape index (κ3) is 4.23. The summed E-state index contributed by atoms with van der Waals surface area (Å²) in [7, 11) is 0. The summed E-state index contributed by atoms with van der Waals surface area (Å²) in [5.41, 5.74) is 0.518. The van der Waals surface area contributed by atoms with Gasteiger partial charge in [-0.1, -0.05) is 23.7 Å². The lowest BCUT2D eigenvalue weighted by Gasteiger charge is -2.15. The molecule has 126 valence electrons. The summed E-state index contributed by atoms with van der Waals surface area (Å²) in [6.45, 7) is 4.27. The van der Waals surface area contributed by atoms with Gasteiger partial charge in [-0.25, -0.2) is 0 Å². The highest BCUT2D eigenvalue weighted by Crippen LogP contribution is 2.24. The minimum atomic E-state index is -0.623. The molecule has 6 nitrogen and oxygen atoms in total. The van der Waals surface area contributed by atoms with Crippen LogP contribution in [-0.4, -0.2) is 17.4 Å². The molecule has 0 heterocycles. The normalized spacial score (nSPS) is 11.6. The van der Waals surface area contributed by atoms with E-state index in [9.17, 15) is 14.9 Å². The van der Waals surface area contributed by atoms with Gasteiger partial charge in [-0.05, 0) is 43.7 Å². The van der Waals surface area contributed by atoms with Crippen molar-refractivity contribution >= 4 is 23.2 Å². The Kier molecular flexibility index (Phi) is 5.76. The summed E-state index contributed by atoms with van der Waals surface area (Å²) in [4.78, 5) is 22.8. The third-order valence-electron chi connectivity index (χ3n) is 3.44. The number of nitrogens with one attached hydrogen (secondary N) is 1. The molecule has 0 aliphatic rings. The lowest BCUT2D eigenvalue weighted by Crippen LogP contribution is -2.27. The molecule has 0 bridgehead atoms. The molecule has 0 radical (unpaired) electrons. The van der Waals surface area contributed by atoms with Crippen LogP contribution in [0.2, 0.25) is 5.02 Å². The maximum absolute atomic E-state index is 12.4. The van der Waals surface area contributed by atoms with E-state index in [0.29, 0.717) is 6.61 Å².